The van der Waals surface area contributed by atoms with Crippen LogP contribution in [-0.4, -0.2) is 30.8 Å². The fourth-order valence-electron chi connectivity index (χ4n) is 3.19. The molecule has 3 aromatic rings. The highest BCUT2D eigenvalue weighted by molar-refractivity contribution is 5.75. The number of anilines is 2. The van der Waals surface area contributed by atoms with Crippen LogP contribution in [0.2, 0.25) is 0 Å². The Bertz CT molecular complexity index is 990. The van der Waals surface area contributed by atoms with Crippen LogP contribution in [0.1, 0.15) is 30.9 Å². The second-order valence-electron chi connectivity index (χ2n) is 6.92. The maximum absolute atomic E-state index is 6.01. The van der Waals surface area contributed by atoms with Crippen LogP contribution in [0.3, 0.4) is 0 Å². The lowest BCUT2D eigenvalue weighted by molar-refractivity contribution is 0.309. The topological polar surface area (TPSA) is 106 Å². The molecule has 7 nitrogen and oxygen atoms in total. The summed E-state index contributed by atoms with van der Waals surface area (Å²) in [4.78, 5) is 8.09. The molecule has 4 N–H and O–H groups in total. The van der Waals surface area contributed by atoms with E-state index in [1.54, 1.807) is 20.4 Å². The molecule has 0 aliphatic carbocycles. The van der Waals surface area contributed by atoms with Gasteiger partial charge in [-0.25, -0.2) is 4.98 Å². The molecule has 0 aliphatic rings. The van der Waals surface area contributed by atoms with Gasteiger partial charge in [0.05, 0.1) is 20.8 Å². The van der Waals surface area contributed by atoms with Crippen molar-refractivity contribution in [2.45, 2.75) is 26.2 Å². The quantitative estimate of drug-likeness (QED) is 0.514. The summed E-state index contributed by atoms with van der Waals surface area (Å²) >= 11 is 0. The standard InChI is InChI=1S/C23H28N4O3/c1-4-5-10-30-18-8-6-16(7-9-18)19-12-15(13-20(28-2)21(19)29-3)11-17-14-26-23(25)27-22(17)24/h6-9,12-14H,4-5,10-11H2,1-3H3,(H4,24,25,26,27). The average molecular weight is 409 g/mol. The minimum absolute atomic E-state index is 0.158. The number of rotatable bonds is 9. The van der Waals surface area contributed by atoms with E-state index in [0.717, 1.165) is 40.8 Å². The first-order chi connectivity index (χ1) is 14.5. The third-order valence-corrected chi connectivity index (χ3v) is 4.78. The molecule has 0 bridgehead atoms. The van der Waals surface area contributed by atoms with Crippen molar-refractivity contribution in [3.63, 3.8) is 0 Å². The molecular formula is C23H28N4O3. The van der Waals surface area contributed by atoms with Crippen LogP contribution in [-0.2, 0) is 6.42 Å². The Morgan fingerprint density at radius 1 is 1.00 bits per heavy atom. The summed E-state index contributed by atoms with van der Waals surface area (Å²) in [6.45, 7) is 2.86. The van der Waals surface area contributed by atoms with Crippen LogP contribution in [0.4, 0.5) is 11.8 Å². The van der Waals surface area contributed by atoms with E-state index < -0.39 is 0 Å². The molecule has 0 amide bonds. The SMILES string of the molecule is CCCCOc1ccc(-c2cc(Cc3cnc(N)nc3N)cc(OC)c2OC)cc1. The summed E-state index contributed by atoms with van der Waals surface area (Å²) in [6, 6.07) is 12.0. The van der Waals surface area contributed by atoms with Crippen molar-refractivity contribution < 1.29 is 14.2 Å². The lowest BCUT2D eigenvalue weighted by Gasteiger charge is -2.16. The third-order valence-electron chi connectivity index (χ3n) is 4.78. The minimum Gasteiger partial charge on any atom is -0.494 e. The predicted molar refractivity (Wildman–Crippen MR) is 119 cm³/mol. The van der Waals surface area contributed by atoms with E-state index in [2.05, 4.69) is 23.0 Å². The molecule has 0 saturated carbocycles. The van der Waals surface area contributed by atoms with Gasteiger partial charge in [0.2, 0.25) is 5.95 Å². The zero-order chi connectivity index (χ0) is 21.5. The summed E-state index contributed by atoms with van der Waals surface area (Å²) in [5, 5.41) is 0. The van der Waals surface area contributed by atoms with Gasteiger partial charge in [-0.05, 0) is 41.8 Å². The first-order valence-corrected chi connectivity index (χ1v) is 9.90. The number of nitrogens with two attached hydrogens (primary N) is 2. The Morgan fingerprint density at radius 3 is 2.40 bits per heavy atom. The van der Waals surface area contributed by atoms with E-state index in [1.165, 1.54) is 0 Å². The Morgan fingerprint density at radius 2 is 1.77 bits per heavy atom. The summed E-state index contributed by atoms with van der Waals surface area (Å²) in [7, 11) is 3.26. The molecule has 0 unspecified atom stereocenters. The number of hydrogen-bond donors (Lipinski definition) is 2. The molecule has 0 radical (unpaired) electrons. The molecule has 30 heavy (non-hydrogen) atoms. The van der Waals surface area contributed by atoms with Crippen LogP contribution in [0.25, 0.3) is 11.1 Å². The predicted octanol–water partition coefficient (Wildman–Crippen LogP) is 4.09. The number of ether oxygens (including phenoxy) is 3. The van der Waals surface area contributed by atoms with E-state index >= 15 is 0 Å². The molecule has 158 valence electrons. The summed E-state index contributed by atoms with van der Waals surface area (Å²) in [5.41, 5.74) is 15.3. The second kappa shape index (κ2) is 9.82. The molecule has 1 aromatic heterocycles. The van der Waals surface area contributed by atoms with Gasteiger partial charge < -0.3 is 25.7 Å². The van der Waals surface area contributed by atoms with Gasteiger partial charge in [-0.3, -0.25) is 0 Å². The summed E-state index contributed by atoms with van der Waals surface area (Å²) in [5.74, 6) is 2.68. The van der Waals surface area contributed by atoms with Gasteiger partial charge >= 0.3 is 0 Å². The number of aromatic nitrogens is 2. The lowest BCUT2D eigenvalue weighted by atomic mass is 9.98. The van der Waals surface area contributed by atoms with Gasteiger partial charge in [0.15, 0.2) is 11.5 Å². The summed E-state index contributed by atoms with van der Waals surface area (Å²) in [6.07, 6.45) is 4.33. The fraction of sp³-hybridized carbons (Fsp3) is 0.304. The molecule has 3 rings (SSSR count). The van der Waals surface area contributed by atoms with Gasteiger partial charge in [0.1, 0.15) is 11.6 Å². The van der Waals surface area contributed by atoms with Crippen LogP contribution in [0.15, 0.2) is 42.6 Å². The highest BCUT2D eigenvalue weighted by Gasteiger charge is 2.16. The number of hydrogen-bond acceptors (Lipinski definition) is 7. The van der Waals surface area contributed by atoms with E-state index in [-0.39, 0.29) is 5.95 Å². The van der Waals surface area contributed by atoms with Crippen LogP contribution in [0, 0.1) is 0 Å². The molecule has 1 heterocycles. The smallest absolute Gasteiger partial charge is 0.221 e. The fourth-order valence-corrected chi connectivity index (χ4v) is 3.19. The number of unbranched alkanes of at least 4 members (excludes halogenated alkanes) is 1. The van der Waals surface area contributed by atoms with E-state index in [9.17, 15) is 0 Å². The van der Waals surface area contributed by atoms with Crippen molar-refractivity contribution >= 4 is 11.8 Å². The Kier molecular flexibility index (Phi) is 6.95. The second-order valence-corrected chi connectivity index (χ2v) is 6.92. The Hall–Kier alpha value is -3.48. The molecule has 0 aliphatic heterocycles. The van der Waals surface area contributed by atoms with Gasteiger partial charge in [0.25, 0.3) is 0 Å². The molecule has 2 aromatic carbocycles. The molecule has 0 spiro atoms. The first kappa shape index (κ1) is 21.2. The summed E-state index contributed by atoms with van der Waals surface area (Å²) < 4.78 is 17.0. The van der Waals surface area contributed by atoms with Crippen molar-refractivity contribution in [1.29, 1.82) is 0 Å². The molecule has 0 atom stereocenters. The van der Waals surface area contributed by atoms with Crippen molar-refractivity contribution in [2.24, 2.45) is 0 Å². The number of methoxy groups -OCH3 is 2. The average Bonchev–Trinajstić information content (AvgIpc) is 2.75. The van der Waals surface area contributed by atoms with Gasteiger partial charge in [-0.15, -0.1) is 0 Å². The Labute approximate surface area is 177 Å². The number of benzene rings is 2. The van der Waals surface area contributed by atoms with Crippen molar-refractivity contribution in [1.82, 2.24) is 9.97 Å². The molecule has 0 fully saturated rings. The maximum atomic E-state index is 6.01. The molecule has 7 heteroatoms. The van der Waals surface area contributed by atoms with Gasteiger partial charge in [-0.2, -0.15) is 4.98 Å². The van der Waals surface area contributed by atoms with Crippen molar-refractivity contribution in [3.05, 3.63) is 53.7 Å². The highest BCUT2D eigenvalue weighted by atomic mass is 16.5. The monoisotopic (exact) mass is 408 g/mol. The van der Waals surface area contributed by atoms with Crippen LogP contribution >= 0.6 is 0 Å². The van der Waals surface area contributed by atoms with E-state index in [0.29, 0.717) is 30.3 Å². The third kappa shape index (κ3) is 4.92. The minimum atomic E-state index is 0.158. The maximum Gasteiger partial charge on any atom is 0.221 e. The van der Waals surface area contributed by atoms with Crippen LogP contribution in [0.5, 0.6) is 17.2 Å². The normalized spacial score (nSPS) is 10.6. The zero-order valence-electron chi connectivity index (χ0n) is 17.6. The van der Waals surface area contributed by atoms with E-state index in [4.69, 9.17) is 25.7 Å². The number of nitrogen functional groups attached to an aromatic ring is 2. The zero-order valence-corrected chi connectivity index (χ0v) is 17.6. The van der Waals surface area contributed by atoms with Crippen LogP contribution < -0.4 is 25.7 Å². The first-order valence-electron chi connectivity index (χ1n) is 9.90. The lowest BCUT2D eigenvalue weighted by Crippen LogP contribution is -2.04. The molecule has 0 saturated heterocycles. The van der Waals surface area contributed by atoms with Gasteiger partial charge in [-0.1, -0.05) is 25.5 Å². The van der Waals surface area contributed by atoms with Crippen molar-refractivity contribution in [3.8, 4) is 28.4 Å². The number of nitrogens with zero attached hydrogens (tertiary/aromatic N) is 2. The molecular weight excluding hydrogens is 380 g/mol. The van der Waals surface area contributed by atoms with Gasteiger partial charge in [0, 0.05) is 23.7 Å². The Balaban J connectivity index is 1.95. The highest BCUT2D eigenvalue weighted by Crippen LogP contribution is 2.40. The van der Waals surface area contributed by atoms with E-state index in [1.807, 2.05) is 30.3 Å². The largest absolute Gasteiger partial charge is 0.494 e. The van der Waals surface area contributed by atoms with Crippen molar-refractivity contribution in [2.75, 3.05) is 32.3 Å².